The number of aromatic nitrogens is 3. The number of nitrogens with one attached hydrogen (secondary N) is 2. The van der Waals surface area contributed by atoms with Gasteiger partial charge in [0.2, 0.25) is 0 Å². The summed E-state index contributed by atoms with van der Waals surface area (Å²) >= 11 is 0. The number of aryl methyl sites for hydroxylation is 1. The maximum absolute atomic E-state index is 10.8. The van der Waals surface area contributed by atoms with E-state index in [1.54, 1.807) is 17.8 Å². The van der Waals surface area contributed by atoms with Crippen molar-refractivity contribution in [2.45, 2.75) is 26.0 Å². The molecule has 2 aromatic rings. The Morgan fingerprint density at radius 3 is 2.67 bits per heavy atom. The average Bonchev–Trinajstić information content (AvgIpc) is 3.18. The largest absolute Gasteiger partial charge is 0.383 e. The van der Waals surface area contributed by atoms with Gasteiger partial charge in [-0.15, -0.1) is 0 Å². The highest BCUT2D eigenvalue weighted by Crippen LogP contribution is 2.18. The standard InChI is InChI=1S/C21H34N8O/c1-5-22-20(25-16-21(2,30)18-14-26-28(4)15-18)24-13-17-6-7-23-19(12-17)29-10-8-27(3)9-11-29/h6-7,12,14-15,30H,5,8-11,13,16H2,1-4H3,(H2,22,24,25). The number of anilines is 1. The maximum Gasteiger partial charge on any atom is 0.191 e. The van der Waals surface area contributed by atoms with E-state index >= 15 is 0 Å². The molecule has 3 heterocycles. The third kappa shape index (κ3) is 5.93. The molecule has 0 saturated carbocycles. The summed E-state index contributed by atoms with van der Waals surface area (Å²) in [6.45, 7) is 9.48. The number of nitrogens with zero attached hydrogens (tertiary/aromatic N) is 6. The molecule has 1 fully saturated rings. The van der Waals surface area contributed by atoms with Gasteiger partial charge >= 0.3 is 0 Å². The topological polar surface area (TPSA) is 93.8 Å². The Labute approximate surface area is 178 Å². The van der Waals surface area contributed by atoms with Crippen LogP contribution >= 0.6 is 0 Å². The van der Waals surface area contributed by atoms with Gasteiger partial charge in [-0.3, -0.25) is 4.68 Å². The van der Waals surface area contributed by atoms with Crippen LogP contribution in [0.1, 0.15) is 25.0 Å². The zero-order valence-electron chi connectivity index (χ0n) is 18.5. The molecule has 164 valence electrons. The van der Waals surface area contributed by atoms with Crippen LogP contribution in [0.15, 0.2) is 35.7 Å². The molecule has 1 aliphatic heterocycles. The van der Waals surface area contributed by atoms with Gasteiger partial charge in [-0.1, -0.05) is 0 Å². The van der Waals surface area contributed by atoms with Crippen molar-refractivity contribution >= 4 is 11.8 Å². The highest BCUT2D eigenvalue weighted by atomic mass is 16.3. The quantitative estimate of drug-likeness (QED) is 0.449. The molecule has 1 aliphatic rings. The summed E-state index contributed by atoms with van der Waals surface area (Å²) in [6, 6.07) is 4.11. The Kier molecular flexibility index (Phi) is 7.28. The van der Waals surface area contributed by atoms with Crippen molar-refractivity contribution < 1.29 is 5.11 Å². The third-order valence-electron chi connectivity index (χ3n) is 5.33. The predicted molar refractivity (Wildman–Crippen MR) is 120 cm³/mol. The van der Waals surface area contributed by atoms with Gasteiger partial charge in [0.15, 0.2) is 5.96 Å². The third-order valence-corrected chi connectivity index (χ3v) is 5.33. The molecule has 9 nitrogen and oxygen atoms in total. The van der Waals surface area contributed by atoms with Crippen LogP contribution in [0.25, 0.3) is 0 Å². The van der Waals surface area contributed by atoms with Crippen molar-refractivity contribution in [3.63, 3.8) is 0 Å². The predicted octanol–water partition coefficient (Wildman–Crippen LogP) is 0.530. The van der Waals surface area contributed by atoms with Crippen molar-refractivity contribution in [3.8, 4) is 0 Å². The molecule has 0 spiro atoms. The Bertz CT molecular complexity index is 839. The van der Waals surface area contributed by atoms with E-state index in [9.17, 15) is 5.11 Å². The lowest BCUT2D eigenvalue weighted by molar-refractivity contribution is 0.0616. The van der Waals surface area contributed by atoms with E-state index in [0.29, 0.717) is 19.0 Å². The van der Waals surface area contributed by atoms with Crippen molar-refractivity contribution in [2.24, 2.45) is 12.0 Å². The molecule has 0 bridgehead atoms. The minimum Gasteiger partial charge on any atom is -0.383 e. The van der Waals surface area contributed by atoms with Gasteiger partial charge < -0.3 is 25.5 Å². The van der Waals surface area contributed by atoms with E-state index in [4.69, 9.17) is 4.99 Å². The minimum atomic E-state index is -1.05. The summed E-state index contributed by atoms with van der Waals surface area (Å²) in [5.74, 6) is 1.67. The first-order chi connectivity index (χ1) is 14.4. The number of hydrogen-bond donors (Lipinski definition) is 3. The summed E-state index contributed by atoms with van der Waals surface area (Å²) < 4.78 is 1.69. The van der Waals surface area contributed by atoms with Crippen LogP contribution in [-0.2, 0) is 19.2 Å². The first-order valence-corrected chi connectivity index (χ1v) is 10.5. The molecule has 0 amide bonds. The van der Waals surface area contributed by atoms with Crippen LogP contribution in [0, 0.1) is 0 Å². The Morgan fingerprint density at radius 2 is 2.00 bits per heavy atom. The van der Waals surface area contributed by atoms with Crippen molar-refractivity contribution in [3.05, 3.63) is 41.9 Å². The van der Waals surface area contributed by atoms with E-state index in [-0.39, 0.29) is 0 Å². The Hall–Kier alpha value is -2.65. The number of hydrogen-bond acceptors (Lipinski definition) is 6. The minimum absolute atomic E-state index is 0.327. The fraction of sp³-hybridized carbons (Fsp3) is 0.571. The highest BCUT2D eigenvalue weighted by Gasteiger charge is 2.25. The van der Waals surface area contributed by atoms with E-state index in [1.807, 2.05) is 32.4 Å². The molecule has 1 atom stereocenters. The number of pyridine rings is 1. The molecule has 1 saturated heterocycles. The number of aliphatic imine (C=N–C) groups is 1. The summed E-state index contributed by atoms with van der Waals surface area (Å²) in [6.07, 6.45) is 5.36. The molecular weight excluding hydrogens is 380 g/mol. The smallest absolute Gasteiger partial charge is 0.191 e. The maximum atomic E-state index is 10.8. The van der Waals surface area contributed by atoms with Crippen LogP contribution < -0.4 is 15.5 Å². The van der Waals surface area contributed by atoms with Gasteiger partial charge in [0, 0.05) is 57.7 Å². The van der Waals surface area contributed by atoms with Gasteiger partial charge in [0.1, 0.15) is 11.4 Å². The van der Waals surface area contributed by atoms with E-state index in [0.717, 1.165) is 49.7 Å². The van der Waals surface area contributed by atoms with E-state index < -0.39 is 5.60 Å². The summed E-state index contributed by atoms with van der Waals surface area (Å²) in [7, 11) is 3.99. The highest BCUT2D eigenvalue weighted by molar-refractivity contribution is 5.79. The summed E-state index contributed by atoms with van der Waals surface area (Å²) in [4.78, 5) is 13.9. The molecule has 3 rings (SSSR count). The molecule has 1 unspecified atom stereocenters. The second-order valence-electron chi connectivity index (χ2n) is 8.04. The van der Waals surface area contributed by atoms with Crippen LogP contribution in [0.2, 0.25) is 0 Å². The first-order valence-electron chi connectivity index (χ1n) is 10.5. The number of rotatable bonds is 7. The SMILES string of the molecule is CCNC(=NCc1ccnc(N2CCN(C)CC2)c1)NCC(C)(O)c1cnn(C)c1. The molecule has 0 radical (unpaired) electrons. The monoisotopic (exact) mass is 414 g/mol. The van der Waals surface area contributed by atoms with Crippen molar-refractivity contribution in [1.82, 2.24) is 30.3 Å². The fourth-order valence-corrected chi connectivity index (χ4v) is 3.34. The normalized spacial score (nSPS) is 17.6. The summed E-state index contributed by atoms with van der Waals surface area (Å²) in [5, 5.41) is 21.4. The van der Waals surface area contributed by atoms with Crippen molar-refractivity contribution in [2.75, 3.05) is 51.2 Å². The molecule has 0 aromatic carbocycles. The van der Waals surface area contributed by atoms with Gasteiger partial charge in [0.05, 0.1) is 19.3 Å². The summed E-state index contributed by atoms with van der Waals surface area (Å²) in [5.41, 5.74) is 0.824. The van der Waals surface area contributed by atoms with E-state index in [2.05, 4.69) is 43.6 Å². The van der Waals surface area contributed by atoms with Crippen LogP contribution in [0.5, 0.6) is 0 Å². The fourth-order valence-electron chi connectivity index (χ4n) is 3.34. The van der Waals surface area contributed by atoms with Crippen LogP contribution in [0.3, 0.4) is 0 Å². The molecule has 3 N–H and O–H groups in total. The van der Waals surface area contributed by atoms with E-state index in [1.165, 1.54) is 0 Å². The molecule has 0 aliphatic carbocycles. The van der Waals surface area contributed by atoms with Gasteiger partial charge in [-0.2, -0.15) is 5.10 Å². The second-order valence-corrected chi connectivity index (χ2v) is 8.04. The Morgan fingerprint density at radius 1 is 1.23 bits per heavy atom. The molecule has 9 heteroatoms. The van der Waals surface area contributed by atoms with Crippen molar-refractivity contribution in [1.29, 1.82) is 0 Å². The molecule has 30 heavy (non-hydrogen) atoms. The van der Waals surface area contributed by atoms with Crippen LogP contribution in [0.4, 0.5) is 5.82 Å². The van der Waals surface area contributed by atoms with Crippen LogP contribution in [-0.4, -0.2) is 77.0 Å². The van der Waals surface area contributed by atoms with Gasteiger partial charge in [-0.05, 0) is 38.6 Å². The lowest BCUT2D eigenvalue weighted by Crippen LogP contribution is -2.44. The Balaban J connectivity index is 1.62. The number of piperazine rings is 1. The average molecular weight is 415 g/mol. The van der Waals surface area contributed by atoms with Gasteiger partial charge in [-0.25, -0.2) is 9.98 Å². The molecular formula is C21H34N8O. The lowest BCUT2D eigenvalue weighted by atomic mass is 10.00. The zero-order chi connectivity index (χ0) is 21.6. The second kappa shape index (κ2) is 9.90. The number of guanidine groups is 1. The first kappa shape index (κ1) is 22.0. The molecule has 2 aromatic heterocycles. The number of aliphatic hydroxyl groups is 1. The number of likely N-dealkylation sites (N-methyl/N-ethyl adjacent to an activating group) is 1. The van der Waals surface area contributed by atoms with Gasteiger partial charge in [0.25, 0.3) is 0 Å². The zero-order valence-corrected chi connectivity index (χ0v) is 18.5. The lowest BCUT2D eigenvalue weighted by Gasteiger charge is -2.33.